The summed E-state index contributed by atoms with van der Waals surface area (Å²) in [5, 5.41) is 14.1. The number of benzene rings is 1. The second kappa shape index (κ2) is 8.33. The van der Waals surface area contributed by atoms with Crippen LogP contribution in [0, 0.1) is 0 Å². The van der Waals surface area contributed by atoms with Crippen molar-refractivity contribution in [2.24, 2.45) is 4.99 Å². The molecule has 0 saturated heterocycles. The molecule has 2 aliphatic rings. The van der Waals surface area contributed by atoms with E-state index in [0.717, 1.165) is 51.2 Å². The highest BCUT2D eigenvalue weighted by atomic mass is 127. The molecule has 0 aromatic heterocycles. The minimum Gasteiger partial charge on any atom is -0.388 e. The van der Waals surface area contributed by atoms with Crippen molar-refractivity contribution >= 4 is 35.6 Å². The molecule has 4 nitrogen and oxygen atoms in total. The van der Waals surface area contributed by atoms with Crippen LogP contribution in [-0.4, -0.2) is 36.3 Å². The molecule has 0 amide bonds. The van der Waals surface area contributed by atoms with Gasteiger partial charge in [0.2, 0.25) is 0 Å². The Kier molecular flexibility index (Phi) is 6.71. The molecule has 128 valence electrons. The largest absolute Gasteiger partial charge is 0.388 e. The van der Waals surface area contributed by atoms with E-state index in [0.29, 0.717) is 6.54 Å². The highest BCUT2D eigenvalue weighted by molar-refractivity contribution is 14.0. The molecule has 1 aliphatic heterocycles. The number of nitrogens with one attached hydrogen (secondary N) is 1. The van der Waals surface area contributed by atoms with E-state index in [-0.39, 0.29) is 24.0 Å². The quantitative estimate of drug-likeness (QED) is 0.440. The number of anilines is 1. The molecule has 5 heteroatoms. The fourth-order valence-corrected chi connectivity index (χ4v) is 3.54. The lowest BCUT2D eigenvalue weighted by Gasteiger charge is -2.31. The Morgan fingerprint density at radius 2 is 2.00 bits per heavy atom. The number of para-hydroxylation sites is 1. The minimum atomic E-state index is -0.599. The van der Waals surface area contributed by atoms with Crippen molar-refractivity contribution in [3.63, 3.8) is 0 Å². The molecule has 3 rings (SSSR count). The van der Waals surface area contributed by atoms with E-state index in [1.807, 2.05) is 0 Å². The first-order valence-corrected chi connectivity index (χ1v) is 8.58. The van der Waals surface area contributed by atoms with Crippen LogP contribution in [0.15, 0.2) is 29.3 Å². The van der Waals surface area contributed by atoms with Crippen LogP contribution in [0.1, 0.15) is 44.6 Å². The fourth-order valence-electron chi connectivity index (χ4n) is 3.54. The zero-order valence-corrected chi connectivity index (χ0v) is 16.3. The van der Waals surface area contributed by atoms with Crippen LogP contribution in [0.25, 0.3) is 0 Å². The molecule has 1 aromatic rings. The second-order valence-corrected chi connectivity index (χ2v) is 6.49. The van der Waals surface area contributed by atoms with Crippen LogP contribution >= 0.6 is 24.0 Å². The van der Waals surface area contributed by atoms with Crippen molar-refractivity contribution in [3.05, 3.63) is 29.8 Å². The summed E-state index contributed by atoms with van der Waals surface area (Å²) in [5.74, 6) is 0.909. The third-order valence-corrected chi connectivity index (χ3v) is 4.79. The van der Waals surface area contributed by atoms with Crippen LogP contribution in [0.4, 0.5) is 5.69 Å². The molecule has 1 heterocycles. The maximum Gasteiger partial charge on any atom is 0.198 e. The number of aliphatic imine (C=N–C) groups is 1. The first-order chi connectivity index (χ1) is 10.7. The Morgan fingerprint density at radius 1 is 1.26 bits per heavy atom. The number of hydrogen-bond acceptors (Lipinski definition) is 2. The van der Waals surface area contributed by atoms with Crippen molar-refractivity contribution in [2.45, 2.75) is 51.0 Å². The fraction of sp³-hybridized carbons (Fsp3) is 0.611. The molecule has 2 N–H and O–H groups in total. The predicted molar refractivity (Wildman–Crippen MR) is 107 cm³/mol. The summed E-state index contributed by atoms with van der Waals surface area (Å²) < 4.78 is 0. The molecular weight excluding hydrogens is 401 g/mol. The molecule has 23 heavy (non-hydrogen) atoms. The highest BCUT2D eigenvalue weighted by Crippen LogP contribution is 2.30. The average Bonchev–Trinajstić information content (AvgIpc) is 2.96. The van der Waals surface area contributed by atoms with Crippen LogP contribution < -0.4 is 10.2 Å². The van der Waals surface area contributed by atoms with Crippen molar-refractivity contribution in [1.29, 1.82) is 0 Å². The summed E-state index contributed by atoms with van der Waals surface area (Å²) in [4.78, 5) is 7.03. The Labute approximate surface area is 156 Å². The summed E-state index contributed by atoms with van der Waals surface area (Å²) >= 11 is 0. The number of nitrogens with zero attached hydrogens (tertiary/aromatic N) is 2. The highest BCUT2D eigenvalue weighted by Gasteiger charge is 2.30. The van der Waals surface area contributed by atoms with Gasteiger partial charge < -0.3 is 15.3 Å². The van der Waals surface area contributed by atoms with Crippen molar-refractivity contribution < 1.29 is 5.11 Å². The number of aliphatic hydroxyl groups is 1. The lowest BCUT2D eigenvalue weighted by atomic mass is 9.85. The SMILES string of the molecule is CCNC(=NCC1(O)CCCCC1)N1CCc2ccccc21.I. The van der Waals surface area contributed by atoms with Crippen molar-refractivity contribution in [2.75, 3.05) is 24.5 Å². The zero-order valence-electron chi connectivity index (χ0n) is 13.9. The van der Waals surface area contributed by atoms with E-state index in [1.165, 1.54) is 17.7 Å². The number of rotatable bonds is 3. The lowest BCUT2D eigenvalue weighted by molar-refractivity contribution is 0.0132. The summed E-state index contributed by atoms with van der Waals surface area (Å²) in [6.45, 7) is 4.40. The third-order valence-electron chi connectivity index (χ3n) is 4.79. The summed E-state index contributed by atoms with van der Waals surface area (Å²) in [6.07, 6.45) is 6.31. The molecule has 0 atom stereocenters. The smallest absolute Gasteiger partial charge is 0.198 e. The first-order valence-electron chi connectivity index (χ1n) is 8.58. The maximum atomic E-state index is 10.7. The Bertz CT molecular complexity index is 541. The van der Waals surface area contributed by atoms with Crippen LogP contribution in [0.5, 0.6) is 0 Å². The predicted octanol–water partition coefficient (Wildman–Crippen LogP) is 3.33. The molecule has 0 unspecified atom stereocenters. The van der Waals surface area contributed by atoms with E-state index >= 15 is 0 Å². The Morgan fingerprint density at radius 3 is 2.74 bits per heavy atom. The van der Waals surface area contributed by atoms with Crippen LogP contribution in [0.2, 0.25) is 0 Å². The van der Waals surface area contributed by atoms with Gasteiger partial charge in [0.05, 0.1) is 12.1 Å². The number of fused-ring (bicyclic) bond motifs is 1. The van der Waals surface area contributed by atoms with E-state index in [4.69, 9.17) is 4.99 Å². The monoisotopic (exact) mass is 429 g/mol. The first kappa shape index (κ1) is 18.5. The van der Waals surface area contributed by atoms with Crippen LogP contribution in [-0.2, 0) is 6.42 Å². The van der Waals surface area contributed by atoms with Gasteiger partial charge >= 0.3 is 0 Å². The normalized spacial score (nSPS) is 19.9. The lowest BCUT2D eigenvalue weighted by Crippen LogP contribution is -2.43. The summed E-state index contributed by atoms with van der Waals surface area (Å²) in [6, 6.07) is 8.52. The summed E-state index contributed by atoms with van der Waals surface area (Å²) in [7, 11) is 0. The molecule has 0 bridgehead atoms. The molecule has 1 aliphatic carbocycles. The second-order valence-electron chi connectivity index (χ2n) is 6.49. The van der Waals surface area contributed by atoms with E-state index in [9.17, 15) is 5.11 Å². The Hall–Kier alpha value is -0.820. The van der Waals surface area contributed by atoms with Gasteiger partial charge in [-0.2, -0.15) is 0 Å². The van der Waals surface area contributed by atoms with Gasteiger partial charge in [0, 0.05) is 18.8 Å². The van der Waals surface area contributed by atoms with Gasteiger partial charge in [-0.1, -0.05) is 37.5 Å². The molecule has 0 radical (unpaired) electrons. The van der Waals surface area contributed by atoms with Gasteiger partial charge in [-0.3, -0.25) is 0 Å². The average molecular weight is 429 g/mol. The standard InChI is InChI=1S/C18H27N3O.HI/c1-2-19-17(20-14-18(22)11-6-3-7-12-18)21-13-10-15-8-4-5-9-16(15)21;/h4-5,8-9,22H,2-3,6-7,10-14H2,1H3,(H,19,20);1H. The zero-order chi connectivity index (χ0) is 15.4. The third kappa shape index (κ3) is 4.38. The Balaban J connectivity index is 0.00000192. The molecular formula is C18H28IN3O. The maximum absolute atomic E-state index is 10.7. The number of halogens is 1. The van der Waals surface area contributed by atoms with E-state index in [2.05, 4.69) is 41.4 Å². The van der Waals surface area contributed by atoms with E-state index in [1.54, 1.807) is 0 Å². The molecule has 0 spiro atoms. The molecule has 1 fully saturated rings. The van der Waals surface area contributed by atoms with Gasteiger partial charge in [0.1, 0.15) is 0 Å². The number of hydrogen-bond donors (Lipinski definition) is 2. The van der Waals surface area contributed by atoms with Crippen molar-refractivity contribution in [3.8, 4) is 0 Å². The number of guanidine groups is 1. The topological polar surface area (TPSA) is 47.9 Å². The van der Waals surface area contributed by atoms with Gasteiger partial charge in [-0.15, -0.1) is 24.0 Å². The van der Waals surface area contributed by atoms with Gasteiger partial charge in [0.15, 0.2) is 5.96 Å². The molecule has 1 saturated carbocycles. The van der Waals surface area contributed by atoms with Crippen molar-refractivity contribution in [1.82, 2.24) is 5.32 Å². The molecule has 1 aromatic carbocycles. The minimum absolute atomic E-state index is 0. The van der Waals surface area contributed by atoms with Gasteiger partial charge in [0.25, 0.3) is 0 Å². The van der Waals surface area contributed by atoms with Gasteiger partial charge in [-0.25, -0.2) is 4.99 Å². The van der Waals surface area contributed by atoms with E-state index < -0.39 is 5.60 Å². The summed E-state index contributed by atoms with van der Waals surface area (Å²) in [5.41, 5.74) is 2.03. The van der Waals surface area contributed by atoms with Crippen LogP contribution in [0.3, 0.4) is 0 Å². The van der Waals surface area contributed by atoms with Gasteiger partial charge in [-0.05, 0) is 37.8 Å².